The Morgan fingerprint density at radius 3 is 2.34 bits per heavy atom. The minimum atomic E-state index is -4.03. The lowest BCUT2D eigenvalue weighted by Gasteiger charge is -2.32. The summed E-state index contributed by atoms with van der Waals surface area (Å²) in [4.78, 5) is 14.7. The standard InChI is InChI=1S/C22H24ClNO4S/c1-15-4-2-7-20(23)21(15)29(26,27)28-19-12-8-16(9-13-19)14-24(18-10-11-18)22(25)17-5-3-6-17/h2,4,7-9,12-13,17-18H,3,5-6,10-11,14H2,1H3. The van der Waals surface area contributed by atoms with Crippen molar-refractivity contribution in [2.75, 3.05) is 0 Å². The number of aryl methyl sites for hydroxylation is 1. The van der Waals surface area contributed by atoms with E-state index in [1.807, 2.05) is 17.0 Å². The number of rotatable bonds is 7. The van der Waals surface area contributed by atoms with Gasteiger partial charge in [-0.2, -0.15) is 8.42 Å². The van der Waals surface area contributed by atoms with Crippen LogP contribution in [0.15, 0.2) is 47.4 Å². The Kier molecular flexibility index (Phi) is 5.58. The number of amides is 1. The minimum absolute atomic E-state index is 0.0169. The van der Waals surface area contributed by atoms with Gasteiger partial charge >= 0.3 is 10.1 Å². The number of halogens is 1. The highest BCUT2D eigenvalue weighted by Crippen LogP contribution is 2.35. The van der Waals surface area contributed by atoms with E-state index < -0.39 is 10.1 Å². The Balaban J connectivity index is 1.47. The van der Waals surface area contributed by atoms with Gasteiger partial charge in [-0.3, -0.25) is 4.79 Å². The van der Waals surface area contributed by atoms with Crippen LogP contribution in [0.3, 0.4) is 0 Å². The number of nitrogens with zero attached hydrogens (tertiary/aromatic N) is 1. The van der Waals surface area contributed by atoms with Crippen molar-refractivity contribution in [2.24, 2.45) is 5.92 Å². The topological polar surface area (TPSA) is 63.7 Å². The molecule has 0 aromatic heterocycles. The Morgan fingerprint density at radius 1 is 1.10 bits per heavy atom. The van der Waals surface area contributed by atoms with E-state index in [1.54, 1.807) is 31.2 Å². The van der Waals surface area contributed by atoms with Crippen molar-refractivity contribution in [3.8, 4) is 5.75 Å². The van der Waals surface area contributed by atoms with E-state index in [2.05, 4.69) is 0 Å². The van der Waals surface area contributed by atoms with E-state index in [0.29, 0.717) is 18.2 Å². The molecule has 0 heterocycles. The predicted molar refractivity (Wildman–Crippen MR) is 111 cm³/mol. The van der Waals surface area contributed by atoms with Crippen LogP contribution in [0.25, 0.3) is 0 Å². The average molecular weight is 434 g/mol. The maximum atomic E-state index is 12.7. The Labute approximate surface area is 176 Å². The van der Waals surface area contributed by atoms with E-state index in [4.69, 9.17) is 15.8 Å². The van der Waals surface area contributed by atoms with Crippen LogP contribution in [-0.2, 0) is 21.5 Å². The summed E-state index contributed by atoms with van der Waals surface area (Å²) >= 11 is 6.07. The van der Waals surface area contributed by atoms with Crippen LogP contribution in [0, 0.1) is 12.8 Å². The molecule has 0 atom stereocenters. The highest BCUT2D eigenvalue weighted by atomic mass is 35.5. The van der Waals surface area contributed by atoms with E-state index in [0.717, 1.165) is 37.7 Å². The molecule has 7 heteroatoms. The van der Waals surface area contributed by atoms with Gasteiger partial charge in [0.25, 0.3) is 0 Å². The van der Waals surface area contributed by atoms with Gasteiger partial charge in [0.1, 0.15) is 10.6 Å². The molecule has 0 aliphatic heterocycles. The van der Waals surface area contributed by atoms with Crippen LogP contribution >= 0.6 is 11.6 Å². The summed E-state index contributed by atoms with van der Waals surface area (Å²) in [6, 6.07) is 12.1. The molecule has 154 valence electrons. The van der Waals surface area contributed by atoms with Crippen molar-refractivity contribution >= 4 is 27.6 Å². The molecule has 2 aromatic carbocycles. The molecule has 2 aromatic rings. The van der Waals surface area contributed by atoms with Crippen LogP contribution in [0.1, 0.15) is 43.2 Å². The predicted octanol–water partition coefficient (Wildman–Crippen LogP) is 4.71. The lowest BCUT2D eigenvalue weighted by Crippen LogP contribution is -2.39. The third kappa shape index (κ3) is 4.43. The number of benzene rings is 2. The van der Waals surface area contributed by atoms with Gasteiger partial charge in [-0.15, -0.1) is 0 Å². The zero-order valence-electron chi connectivity index (χ0n) is 16.3. The summed E-state index contributed by atoms with van der Waals surface area (Å²) in [5.41, 5.74) is 1.49. The van der Waals surface area contributed by atoms with E-state index in [-0.39, 0.29) is 27.5 Å². The van der Waals surface area contributed by atoms with Gasteiger partial charge in [-0.05, 0) is 61.9 Å². The number of carbonyl (C=O) groups excluding carboxylic acids is 1. The van der Waals surface area contributed by atoms with Crippen LogP contribution in [0.5, 0.6) is 5.75 Å². The molecule has 2 saturated carbocycles. The maximum absolute atomic E-state index is 12.7. The molecule has 5 nitrogen and oxygen atoms in total. The van der Waals surface area contributed by atoms with Crippen molar-refractivity contribution in [2.45, 2.75) is 56.5 Å². The quantitative estimate of drug-likeness (QED) is 0.593. The van der Waals surface area contributed by atoms with E-state index >= 15 is 0 Å². The normalized spacial score (nSPS) is 16.9. The van der Waals surface area contributed by atoms with Gasteiger partial charge in [-0.25, -0.2) is 0 Å². The summed E-state index contributed by atoms with van der Waals surface area (Å²) in [6.07, 6.45) is 5.26. The zero-order valence-corrected chi connectivity index (χ0v) is 17.9. The second-order valence-electron chi connectivity index (χ2n) is 7.89. The SMILES string of the molecule is Cc1cccc(Cl)c1S(=O)(=O)Oc1ccc(CN(C(=O)C2CCC2)C2CC2)cc1. The maximum Gasteiger partial charge on any atom is 0.340 e. The Morgan fingerprint density at radius 2 is 1.79 bits per heavy atom. The molecule has 1 amide bonds. The fraction of sp³-hybridized carbons (Fsp3) is 0.409. The summed E-state index contributed by atoms with van der Waals surface area (Å²) in [7, 11) is -4.03. The van der Waals surface area contributed by atoms with Gasteiger partial charge in [-0.1, -0.05) is 42.3 Å². The van der Waals surface area contributed by atoms with E-state index in [9.17, 15) is 13.2 Å². The highest BCUT2D eigenvalue weighted by Gasteiger charge is 2.37. The first-order chi connectivity index (χ1) is 13.8. The molecule has 0 radical (unpaired) electrons. The van der Waals surface area contributed by atoms with Crippen molar-refractivity contribution in [3.05, 3.63) is 58.6 Å². The summed E-state index contributed by atoms with van der Waals surface area (Å²) in [5.74, 6) is 0.662. The third-order valence-corrected chi connectivity index (χ3v) is 7.50. The molecule has 2 fully saturated rings. The van der Waals surface area contributed by atoms with Crippen molar-refractivity contribution in [1.82, 2.24) is 4.90 Å². The lowest BCUT2D eigenvalue weighted by molar-refractivity contribution is -0.139. The Hall–Kier alpha value is -2.05. The first-order valence-corrected chi connectivity index (χ1v) is 11.7. The number of hydrogen-bond donors (Lipinski definition) is 0. The Bertz CT molecular complexity index is 991. The zero-order chi connectivity index (χ0) is 20.6. The molecular formula is C22H24ClNO4S. The van der Waals surface area contributed by atoms with Gasteiger partial charge in [0.15, 0.2) is 0 Å². The summed E-state index contributed by atoms with van der Waals surface area (Å²) < 4.78 is 30.6. The fourth-order valence-corrected chi connectivity index (χ4v) is 5.33. The molecular weight excluding hydrogens is 410 g/mol. The fourth-order valence-electron chi connectivity index (χ4n) is 3.61. The molecule has 4 rings (SSSR count). The molecule has 29 heavy (non-hydrogen) atoms. The van der Waals surface area contributed by atoms with Gasteiger partial charge < -0.3 is 9.08 Å². The minimum Gasteiger partial charge on any atom is -0.379 e. The molecule has 2 aliphatic rings. The van der Waals surface area contributed by atoms with Crippen molar-refractivity contribution < 1.29 is 17.4 Å². The third-order valence-electron chi connectivity index (χ3n) is 5.62. The molecule has 0 bridgehead atoms. The monoisotopic (exact) mass is 433 g/mol. The molecule has 2 aliphatic carbocycles. The van der Waals surface area contributed by atoms with Crippen molar-refractivity contribution in [3.63, 3.8) is 0 Å². The smallest absolute Gasteiger partial charge is 0.340 e. The number of hydrogen-bond acceptors (Lipinski definition) is 4. The lowest BCUT2D eigenvalue weighted by atomic mass is 9.84. The van der Waals surface area contributed by atoms with Crippen LogP contribution < -0.4 is 4.18 Å². The highest BCUT2D eigenvalue weighted by molar-refractivity contribution is 7.87. The largest absolute Gasteiger partial charge is 0.379 e. The van der Waals surface area contributed by atoms with E-state index in [1.165, 1.54) is 6.07 Å². The molecule has 0 spiro atoms. The molecule has 0 unspecified atom stereocenters. The second-order valence-corrected chi connectivity index (χ2v) is 9.78. The molecule has 0 N–H and O–H groups in total. The second kappa shape index (κ2) is 8.00. The average Bonchev–Trinajstić information content (AvgIpc) is 3.43. The number of carbonyl (C=O) groups is 1. The molecule has 0 saturated heterocycles. The van der Waals surface area contributed by atoms with Crippen LogP contribution in [0.2, 0.25) is 5.02 Å². The van der Waals surface area contributed by atoms with Crippen LogP contribution in [-0.4, -0.2) is 25.3 Å². The summed E-state index contributed by atoms with van der Waals surface area (Å²) in [5, 5.41) is 0.135. The summed E-state index contributed by atoms with van der Waals surface area (Å²) in [6.45, 7) is 2.23. The first-order valence-electron chi connectivity index (χ1n) is 9.94. The van der Waals surface area contributed by atoms with Gasteiger partial charge in [0.05, 0.1) is 5.02 Å². The first kappa shape index (κ1) is 20.2. The van der Waals surface area contributed by atoms with Crippen LogP contribution in [0.4, 0.5) is 0 Å². The van der Waals surface area contributed by atoms with Gasteiger partial charge in [0.2, 0.25) is 5.91 Å². The van der Waals surface area contributed by atoms with Gasteiger partial charge in [0, 0.05) is 18.5 Å². The van der Waals surface area contributed by atoms with Crippen molar-refractivity contribution in [1.29, 1.82) is 0 Å².